The lowest BCUT2D eigenvalue weighted by Crippen LogP contribution is -2.63. The predicted octanol–water partition coefficient (Wildman–Crippen LogP) is 5.50. The van der Waals surface area contributed by atoms with Crippen LogP contribution in [0.4, 0.5) is 0 Å². The minimum atomic E-state index is -1.25. The molecule has 1 fully saturated rings. The molecule has 1 rings (SSSR count). The van der Waals surface area contributed by atoms with Crippen LogP contribution in [0, 0.1) is 0 Å². The largest absolute Gasteiger partial charge is 0.469 e. The molecule has 0 aromatic heterocycles. The third-order valence-electron chi connectivity index (χ3n) is 7.54. The van der Waals surface area contributed by atoms with E-state index < -0.39 is 54.6 Å². The molecule has 0 spiro atoms. The molecule has 12 heteroatoms. The molecule has 1 aliphatic rings. The fraction of sp³-hybridized carbons (Fsp3) is 0.848. The van der Waals surface area contributed by atoms with Crippen LogP contribution in [0.25, 0.3) is 0 Å². The summed E-state index contributed by atoms with van der Waals surface area (Å²) in [5, 5.41) is 0. The Hall–Kier alpha value is -2.73. The quantitative estimate of drug-likeness (QED) is 0.0785. The van der Waals surface area contributed by atoms with Gasteiger partial charge in [0.25, 0.3) is 0 Å². The summed E-state index contributed by atoms with van der Waals surface area (Å²) >= 11 is 0. The topological polar surface area (TPSA) is 150 Å². The van der Waals surface area contributed by atoms with Gasteiger partial charge in [0.1, 0.15) is 12.7 Å². The third kappa shape index (κ3) is 18.1. The Balaban J connectivity index is 2.97. The summed E-state index contributed by atoms with van der Waals surface area (Å²) in [6, 6.07) is 0. The Morgan fingerprint density at radius 2 is 1.11 bits per heavy atom. The molecule has 0 amide bonds. The number of carbonyl (C=O) groups excluding carboxylic acids is 5. The molecule has 0 aromatic rings. The molecular formula is C33H56O12. The molecule has 45 heavy (non-hydrogen) atoms. The lowest BCUT2D eigenvalue weighted by Gasteiger charge is -2.44. The molecule has 1 heterocycles. The zero-order chi connectivity index (χ0) is 33.6. The average molecular weight is 645 g/mol. The molecule has 0 bridgehead atoms. The first-order valence-corrected chi connectivity index (χ1v) is 16.5. The van der Waals surface area contributed by atoms with Gasteiger partial charge in [-0.15, -0.1) is 0 Å². The van der Waals surface area contributed by atoms with Crippen molar-refractivity contribution in [3.63, 3.8) is 0 Å². The van der Waals surface area contributed by atoms with Crippen molar-refractivity contribution in [1.82, 2.24) is 0 Å². The highest BCUT2D eigenvalue weighted by Gasteiger charge is 2.53. The number of esters is 5. The van der Waals surface area contributed by atoms with Gasteiger partial charge in [0, 0.05) is 34.1 Å². The van der Waals surface area contributed by atoms with Gasteiger partial charge < -0.3 is 33.2 Å². The van der Waals surface area contributed by atoms with Crippen molar-refractivity contribution in [2.75, 3.05) is 13.7 Å². The molecule has 1 unspecified atom stereocenters. The van der Waals surface area contributed by atoms with Crippen LogP contribution in [-0.4, -0.2) is 80.4 Å². The van der Waals surface area contributed by atoms with E-state index in [1.165, 1.54) is 34.8 Å². The fourth-order valence-electron chi connectivity index (χ4n) is 5.37. The summed E-state index contributed by atoms with van der Waals surface area (Å²) in [5.41, 5.74) is 0. The highest BCUT2D eigenvalue weighted by atomic mass is 16.7. The number of carbonyl (C=O) groups is 5. The van der Waals surface area contributed by atoms with E-state index >= 15 is 0 Å². The monoisotopic (exact) mass is 644 g/mol. The number of ether oxygens (including phenoxy) is 7. The van der Waals surface area contributed by atoms with Gasteiger partial charge in [-0.25, -0.2) is 0 Å². The van der Waals surface area contributed by atoms with E-state index in [2.05, 4.69) is 11.7 Å². The van der Waals surface area contributed by atoms with Crippen molar-refractivity contribution in [3.8, 4) is 0 Å². The van der Waals surface area contributed by atoms with Crippen molar-refractivity contribution in [2.45, 2.75) is 168 Å². The van der Waals surface area contributed by atoms with Crippen molar-refractivity contribution in [3.05, 3.63) is 0 Å². The Morgan fingerprint density at radius 1 is 0.622 bits per heavy atom. The third-order valence-corrected chi connectivity index (χ3v) is 7.54. The molecule has 0 N–H and O–H groups in total. The maximum atomic E-state index is 12.2. The van der Waals surface area contributed by atoms with Gasteiger partial charge in [0.05, 0.1) is 13.2 Å². The van der Waals surface area contributed by atoms with Gasteiger partial charge in [0.15, 0.2) is 24.6 Å². The van der Waals surface area contributed by atoms with Crippen LogP contribution in [0.15, 0.2) is 0 Å². The van der Waals surface area contributed by atoms with Gasteiger partial charge in [-0.3, -0.25) is 24.0 Å². The second-order valence-corrected chi connectivity index (χ2v) is 11.6. The van der Waals surface area contributed by atoms with Crippen LogP contribution >= 0.6 is 0 Å². The minimum absolute atomic E-state index is 0.162. The van der Waals surface area contributed by atoms with Gasteiger partial charge in [0.2, 0.25) is 0 Å². The van der Waals surface area contributed by atoms with Gasteiger partial charge in [-0.05, 0) is 19.3 Å². The van der Waals surface area contributed by atoms with E-state index in [0.717, 1.165) is 89.9 Å². The zero-order valence-corrected chi connectivity index (χ0v) is 28.2. The Kier molecular flexibility index (Phi) is 21.1. The molecule has 6 atom stereocenters. The Labute approximate surface area is 268 Å². The lowest BCUT2D eigenvalue weighted by atomic mass is 9.97. The first-order valence-electron chi connectivity index (χ1n) is 16.5. The number of hydrogen-bond donors (Lipinski definition) is 0. The number of unbranched alkanes of at least 4 members (excludes halogenated alkanes) is 10. The molecule has 0 saturated carbocycles. The summed E-state index contributed by atoms with van der Waals surface area (Å²) < 4.78 is 39.1. The molecule has 0 radical (unpaired) electrons. The highest BCUT2D eigenvalue weighted by Crippen LogP contribution is 2.32. The van der Waals surface area contributed by atoms with E-state index in [-0.39, 0.29) is 18.7 Å². The van der Waals surface area contributed by atoms with Gasteiger partial charge in [-0.2, -0.15) is 0 Å². The summed E-state index contributed by atoms with van der Waals surface area (Å²) in [4.78, 5) is 59.2. The number of methoxy groups -OCH3 is 1. The predicted molar refractivity (Wildman–Crippen MR) is 164 cm³/mol. The van der Waals surface area contributed by atoms with E-state index in [1.54, 1.807) is 0 Å². The van der Waals surface area contributed by atoms with Crippen LogP contribution in [0.5, 0.6) is 0 Å². The fourth-order valence-corrected chi connectivity index (χ4v) is 5.37. The SMILES string of the molecule is CCCCCCC(CCCCCCCCCCC(=O)OC)O[C@@H]1O[C@H](COC(C)=O)[C@@H](OC(C)=O)[C@H](OC(C)=O)[C@H]1OC(C)=O. The molecule has 1 saturated heterocycles. The highest BCUT2D eigenvalue weighted by molar-refractivity contribution is 5.69. The lowest BCUT2D eigenvalue weighted by molar-refractivity contribution is -0.317. The first-order chi connectivity index (χ1) is 21.5. The standard InChI is InChI=1S/C33H56O12/c1-7-8-9-16-19-27(20-17-14-12-10-11-13-15-18-21-29(38)39-6)44-33-32(43-26(5)37)31(42-25(4)36)30(41-24(3)35)28(45-33)22-40-23(2)34/h27-28,30-33H,7-22H2,1-6H3/t27?,28-,30-,31+,32-,33-/m1/s1. The van der Waals surface area contributed by atoms with E-state index in [9.17, 15) is 24.0 Å². The van der Waals surface area contributed by atoms with Crippen LogP contribution in [0.2, 0.25) is 0 Å². The molecule has 0 aromatic carbocycles. The van der Waals surface area contributed by atoms with Crippen molar-refractivity contribution in [2.24, 2.45) is 0 Å². The Bertz CT molecular complexity index is 891. The molecule has 1 aliphatic heterocycles. The summed E-state index contributed by atoms with van der Waals surface area (Å²) in [6.07, 6.45) is 8.25. The van der Waals surface area contributed by atoms with Gasteiger partial charge >= 0.3 is 29.8 Å². The minimum Gasteiger partial charge on any atom is -0.469 e. The van der Waals surface area contributed by atoms with Crippen molar-refractivity contribution < 1.29 is 57.1 Å². The van der Waals surface area contributed by atoms with Crippen LogP contribution in [-0.2, 0) is 57.1 Å². The van der Waals surface area contributed by atoms with Crippen LogP contribution in [0.3, 0.4) is 0 Å². The smallest absolute Gasteiger partial charge is 0.305 e. The second-order valence-electron chi connectivity index (χ2n) is 11.6. The molecule has 260 valence electrons. The number of hydrogen-bond acceptors (Lipinski definition) is 12. The summed E-state index contributed by atoms with van der Waals surface area (Å²) in [5.74, 6) is -2.74. The van der Waals surface area contributed by atoms with Crippen molar-refractivity contribution >= 4 is 29.8 Å². The molecule has 12 nitrogen and oxygen atoms in total. The summed E-state index contributed by atoms with van der Waals surface area (Å²) in [6.45, 7) is 6.69. The molecule has 0 aliphatic carbocycles. The Morgan fingerprint density at radius 3 is 1.62 bits per heavy atom. The van der Waals surface area contributed by atoms with E-state index in [1.807, 2.05) is 0 Å². The molecular weight excluding hydrogens is 588 g/mol. The van der Waals surface area contributed by atoms with Crippen LogP contribution < -0.4 is 0 Å². The maximum absolute atomic E-state index is 12.2. The van der Waals surface area contributed by atoms with Crippen molar-refractivity contribution in [1.29, 1.82) is 0 Å². The first kappa shape index (κ1) is 40.3. The van der Waals surface area contributed by atoms with Crippen LogP contribution in [0.1, 0.15) is 131 Å². The average Bonchev–Trinajstić information content (AvgIpc) is 2.97. The number of rotatable bonds is 23. The van der Waals surface area contributed by atoms with E-state index in [0.29, 0.717) is 6.42 Å². The normalized spacial score (nSPS) is 21.8. The van der Waals surface area contributed by atoms with Gasteiger partial charge in [-0.1, -0.05) is 77.6 Å². The summed E-state index contributed by atoms with van der Waals surface area (Å²) in [7, 11) is 1.41. The maximum Gasteiger partial charge on any atom is 0.305 e. The second kappa shape index (κ2) is 23.6. The van der Waals surface area contributed by atoms with E-state index in [4.69, 9.17) is 28.4 Å². The zero-order valence-electron chi connectivity index (χ0n) is 28.2.